The number of hydrogen-bond donors (Lipinski definition) is 2. The lowest BCUT2D eigenvalue weighted by Crippen LogP contribution is -2.16. The normalized spacial score (nSPS) is 10.2. The summed E-state index contributed by atoms with van der Waals surface area (Å²) < 4.78 is 40.0. The van der Waals surface area contributed by atoms with Crippen molar-refractivity contribution < 1.29 is 18.0 Å². The Kier molecular flexibility index (Phi) is 3.93. The van der Waals surface area contributed by atoms with Crippen LogP contribution in [0.4, 0.5) is 24.5 Å². The van der Waals surface area contributed by atoms with Gasteiger partial charge in [0.2, 0.25) is 0 Å². The maximum atomic E-state index is 13.5. The lowest BCUT2D eigenvalue weighted by molar-refractivity contribution is 0.102. The van der Waals surface area contributed by atoms with E-state index in [1.54, 1.807) is 0 Å². The third-order valence-electron chi connectivity index (χ3n) is 2.71. The molecule has 0 aromatic heterocycles. The number of amides is 1. The molecule has 2 N–H and O–H groups in total. The highest BCUT2D eigenvalue weighted by atomic mass is 19.2. The van der Waals surface area contributed by atoms with Crippen molar-refractivity contribution in [3.8, 4) is 0 Å². The Labute approximate surface area is 113 Å². The van der Waals surface area contributed by atoms with E-state index < -0.39 is 23.4 Å². The van der Waals surface area contributed by atoms with Crippen molar-refractivity contribution in [2.24, 2.45) is 0 Å². The standard InChI is InChI=1S/C14H11F3N2O/c1-18-13-8(4-2-6-10(13)16)14(20)19-11-7-3-5-9(15)12(11)17/h2-7,18H,1H3,(H,19,20). The second-order valence-electron chi connectivity index (χ2n) is 3.97. The lowest BCUT2D eigenvalue weighted by Gasteiger charge is -2.11. The third kappa shape index (κ3) is 2.59. The van der Waals surface area contributed by atoms with E-state index in [4.69, 9.17) is 0 Å². The van der Waals surface area contributed by atoms with Gasteiger partial charge in [-0.1, -0.05) is 12.1 Å². The van der Waals surface area contributed by atoms with Gasteiger partial charge in [0, 0.05) is 7.05 Å². The molecule has 1 amide bonds. The molecule has 2 rings (SSSR count). The number of carbonyl (C=O) groups excluding carboxylic acids is 1. The quantitative estimate of drug-likeness (QED) is 0.904. The molecule has 0 radical (unpaired) electrons. The summed E-state index contributed by atoms with van der Waals surface area (Å²) in [5.41, 5.74) is -0.320. The van der Waals surface area contributed by atoms with Crippen molar-refractivity contribution >= 4 is 17.3 Å². The van der Waals surface area contributed by atoms with Gasteiger partial charge >= 0.3 is 0 Å². The SMILES string of the molecule is CNc1c(F)cccc1C(=O)Nc1cccc(F)c1F. The minimum absolute atomic E-state index is 0.00355. The number of anilines is 2. The van der Waals surface area contributed by atoms with Crippen molar-refractivity contribution in [1.29, 1.82) is 0 Å². The highest BCUT2D eigenvalue weighted by Crippen LogP contribution is 2.22. The van der Waals surface area contributed by atoms with Gasteiger partial charge in [-0.25, -0.2) is 13.2 Å². The number of benzene rings is 2. The Morgan fingerprint density at radius 1 is 1.00 bits per heavy atom. The molecular formula is C14H11F3N2O. The van der Waals surface area contributed by atoms with Crippen LogP contribution in [0.25, 0.3) is 0 Å². The van der Waals surface area contributed by atoms with Crippen LogP contribution in [0.3, 0.4) is 0 Å². The number of para-hydroxylation sites is 1. The number of rotatable bonds is 3. The Morgan fingerprint density at radius 2 is 1.65 bits per heavy atom. The molecule has 0 spiro atoms. The molecule has 0 saturated heterocycles. The second-order valence-corrected chi connectivity index (χ2v) is 3.97. The third-order valence-corrected chi connectivity index (χ3v) is 2.71. The molecule has 0 fully saturated rings. The summed E-state index contributed by atoms with van der Waals surface area (Å²) in [7, 11) is 1.46. The van der Waals surface area contributed by atoms with Gasteiger partial charge in [-0.15, -0.1) is 0 Å². The van der Waals surface area contributed by atoms with Crippen LogP contribution in [0.1, 0.15) is 10.4 Å². The molecule has 0 aliphatic heterocycles. The summed E-state index contributed by atoms with van der Waals surface area (Å²) in [6.07, 6.45) is 0. The smallest absolute Gasteiger partial charge is 0.257 e. The van der Waals surface area contributed by atoms with Gasteiger partial charge in [0.05, 0.1) is 16.9 Å². The first kappa shape index (κ1) is 13.9. The van der Waals surface area contributed by atoms with E-state index >= 15 is 0 Å². The molecule has 0 unspecified atom stereocenters. The number of halogens is 3. The summed E-state index contributed by atoms with van der Waals surface area (Å²) in [6.45, 7) is 0. The van der Waals surface area contributed by atoms with Crippen LogP contribution in [0.2, 0.25) is 0 Å². The van der Waals surface area contributed by atoms with Crippen LogP contribution < -0.4 is 10.6 Å². The highest BCUT2D eigenvalue weighted by molar-refractivity contribution is 6.08. The van der Waals surface area contributed by atoms with E-state index in [1.165, 1.54) is 37.4 Å². The van der Waals surface area contributed by atoms with Crippen LogP contribution in [0.15, 0.2) is 36.4 Å². The number of carbonyl (C=O) groups is 1. The first-order chi connectivity index (χ1) is 9.54. The zero-order valence-corrected chi connectivity index (χ0v) is 10.5. The van der Waals surface area contributed by atoms with Crippen LogP contribution in [-0.2, 0) is 0 Å². The van der Waals surface area contributed by atoms with Crippen LogP contribution in [-0.4, -0.2) is 13.0 Å². The molecule has 6 heteroatoms. The predicted octanol–water partition coefficient (Wildman–Crippen LogP) is 3.40. The molecule has 20 heavy (non-hydrogen) atoms. The van der Waals surface area contributed by atoms with Gasteiger partial charge in [0.15, 0.2) is 11.6 Å². The van der Waals surface area contributed by atoms with Crippen molar-refractivity contribution in [2.75, 3.05) is 17.7 Å². The van der Waals surface area contributed by atoms with E-state index in [2.05, 4.69) is 10.6 Å². The zero-order chi connectivity index (χ0) is 14.7. The van der Waals surface area contributed by atoms with Crippen LogP contribution in [0.5, 0.6) is 0 Å². The van der Waals surface area contributed by atoms with Crippen molar-refractivity contribution in [2.45, 2.75) is 0 Å². The molecule has 0 heterocycles. The molecule has 3 nitrogen and oxygen atoms in total. The fraction of sp³-hybridized carbons (Fsp3) is 0.0714. The molecule has 2 aromatic carbocycles. The Bertz CT molecular complexity index is 659. The second kappa shape index (κ2) is 5.64. The molecule has 0 bridgehead atoms. The Morgan fingerprint density at radius 3 is 2.35 bits per heavy atom. The first-order valence-electron chi connectivity index (χ1n) is 5.76. The molecule has 0 atom stereocenters. The summed E-state index contributed by atoms with van der Waals surface area (Å²) in [4.78, 5) is 12.0. The summed E-state index contributed by atoms with van der Waals surface area (Å²) in [5.74, 6) is -3.59. The Hall–Kier alpha value is -2.50. The fourth-order valence-electron chi connectivity index (χ4n) is 1.76. The Balaban J connectivity index is 2.34. The monoisotopic (exact) mass is 280 g/mol. The lowest BCUT2D eigenvalue weighted by atomic mass is 10.1. The van der Waals surface area contributed by atoms with Gasteiger partial charge in [0.25, 0.3) is 5.91 Å². The van der Waals surface area contributed by atoms with Gasteiger partial charge in [-0.2, -0.15) is 0 Å². The van der Waals surface area contributed by atoms with Crippen molar-refractivity contribution in [1.82, 2.24) is 0 Å². The van der Waals surface area contributed by atoms with Gasteiger partial charge in [0.1, 0.15) is 5.82 Å². The molecule has 0 aliphatic carbocycles. The number of nitrogens with one attached hydrogen (secondary N) is 2. The topological polar surface area (TPSA) is 41.1 Å². The van der Waals surface area contributed by atoms with Gasteiger partial charge in [-0.3, -0.25) is 4.79 Å². The first-order valence-corrected chi connectivity index (χ1v) is 5.76. The van der Waals surface area contributed by atoms with E-state index in [0.717, 1.165) is 6.07 Å². The minimum Gasteiger partial charge on any atom is -0.385 e. The minimum atomic E-state index is -1.16. The summed E-state index contributed by atoms with van der Waals surface area (Å²) in [6, 6.07) is 7.33. The molecular weight excluding hydrogens is 269 g/mol. The fourth-order valence-corrected chi connectivity index (χ4v) is 1.76. The van der Waals surface area contributed by atoms with E-state index in [-0.39, 0.29) is 16.9 Å². The van der Waals surface area contributed by atoms with Crippen molar-refractivity contribution in [3.63, 3.8) is 0 Å². The van der Waals surface area contributed by atoms with Gasteiger partial charge < -0.3 is 10.6 Å². The maximum absolute atomic E-state index is 13.5. The van der Waals surface area contributed by atoms with E-state index in [0.29, 0.717) is 0 Å². The zero-order valence-electron chi connectivity index (χ0n) is 10.5. The largest absolute Gasteiger partial charge is 0.385 e. The van der Waals surface area contributed by atoms with E-state index in [1.807, 2.05) is 0 Å². The van der Waals surface area contributed by atoms with Crippen molar-refractivity contribution in [3.05, 3.63) is 59.4 Å². The molecule has 0 aliphatic rings. The maximum Gasteiger partial charge on any atom is 0.257 e. The van der Waals surface area contributed by atoms with E-state index in [9.17, 15) is 18.0 Å². The average Bonchev–Trinajstić information content (AvgIpc) is 2.43. The average molecular weight is 280 g/mol. The summed E-state index contributed by atoms with van der Waals surface area (Å²) in [5, 5.41) is 4.76. The van der Waals surface area contributed by atoms with Crippen LogP contribution in [0, 0.1) is 17.5 Å². The highest BCUT2D eigenvalue weighted by Gasteiger charge is 2.16. The molecule has 0 saturated carbocycles. The van der Waals surface area contributed by atoms with Gasteiger partial charge in [-0.05, 0) is 24.3 Å². The predicted molar refractivity (Wildman–Crippen MR) is 70.3 cm³/mol. The van der Waals surface area contributed by atoms with Crippen LogP contribution >= 0.6 is 0 Å². The molecule has 2 aromatic rings. The molecule has 104 valence electrons. The number of hydrogen-bond acceptors (Lipinski definition) is 2. The summed E-state index contributed by atoms with van der Waals surface area (Å²) >= 11 is 0.